The number of rotatable bonds is 0. The zero-order valence-electron chi connectivity index (χ0n) is 7.08. The SMILES string of the molecule is O=C1C=C(O)C(=O)O1.c1ccncc1. The summed E-state index contributed by atoms with van der Waals surface area (Å²) in [6.45, 7) is 0. The van der Waals surface area contributed by atoms with Crippen LogP contribution in [-0.2, 0) is 14.3 Å². The second kappa shape index (κ2) is 4.76. The molecule has 0 saturated heterocycles. The van der Waals surface area contributed by atoms with Crippen molar-refractivity contribution in [2.24, 2.45) is 0 Å². The summed E-state index contributed by atoms with van der Waals surface area (Å²) in [5.41, 5.74) is 0. The van der Waals surface area contributed by atoms with Crippen molar-refractivity contribution in [1.82, 2.24) is 4.98 Å². The Morgan fingerprint density at radius 1 is 1.14 bits per heavy atom. The molecule has 1 aliphatic rings. The first-order chi connectivity index (χ1) is 6.70. The summed E-state index contributed by atoms with van der Waals surface area (Å²) in [4.78, 5) is 23.8. The van der Waals surface area contributed by atoms with Gasteiger partial charge < -0.3 is 9.84 Å². The van der Waals surface area contributed by atoms with Crippen LogP contribution in [0.2, 0.25) is 0 Å². The van der Waals surface area contributed by atoms with Gasteiger partial charge in [0, 0.05) is 12.4 Å². The number of carbonyl (C=O) groups excluding carboxylic acids is 2. The molecule has 1 aromatic heterocycles. The Hall–Kier alpha value is -2.17. The Morgan fingerprint density at radius 2 is 1.79 bits per heavy atom. The first-order valence-corrected chi connectivity index (χ1v) is 3.72. The second-order valence-electron chi connectivity index (χ2n) is 2.26. The highest BCUT2D eigenvalue weighted by Crippen LogP contribution is 2.02. The molecule has 0 spiro atoms. The number of ether oxygens (including phenoxy) is 1. The van der Waals surface area contributed by atoms with Crippen LogP contribution in [0.4, 0.5) is 0 Å². The molecule has 0 amide bonds. The number of aliphatic hydroxyl groups excluding tert-OH is 1. The number of hydrogen-bond donors (Lipinski definition) is 1. The van der Waals surface area contributed by atoms with Gasteiger partial charge in [-0.3, -0.25) is 4.98 Å². The molecule has 5 nitrogen and oxygen atoms in total. The molecule has 0 unspecified atom stereocenters. The minimum Gasteiger partial charge on any atom is -0.502 e. The van der Waals surface area contributed by atoms with Gasteiger partial charge >= 0.3 is 11.9 Å². The molecule has 0 saturated carbocycles. The van der Waals surface area contributed by atoms with Crippen molar-refractivity contribution >= 4 is 11.9 Å². The van der Waals surface area contributed by atoms with Crippen LogP contribution in [0.1, 0.15) is 0 Å². The lowest BCUT2D eigenvalue weighted by atomic mass is 10.5. The number of esters is 2. The minimum atomic E-state index is -0.977. The van der Waals surface area contributed by atoms with E-state index in [1.54, 1.807) is 12.4 Å². The maximum Gasteiger partial charge on any atom is 0.381 e. The van der Waals surface area contributed by atoms with Gasteiger partial charge in [-0.05, 0) is 12.1 Å². The predicted octanol–water partition coefficient (Wildman–Crippen LogP) is 0.593. The molecule has 0 aliphatic carbocycles. The topological polar surface area (TPSA) is 76.5 Å². The first kappa shape index (κ1) is 9.91. The van der Waals surface area contributed by atoms with E-state index in [9.17, 15) is 9.59 Å². The number of aliphatic hydroxyl groups is 1. The van der Waals surface area contributed by atoms with Gasteiger partial charge in [0.05, 0.1) is 6.08 Å². The zero-order chi connectivity index (χ0) is 10.4. The standard InChI is InChI=1S/C5H5N.C4H2O4/c1-2-4-6-5-3-1;5-2-1-3(6)8-4(2)7/h1-5H;1,5H. The third-order valence-corrected chi connectivity index (χ3v) is 1.22. The summed E-state index contributed by atoms with van der Waals surface area (Å²) in [6, 6.07) is 5.72. The van der Waals surface area contributed by atoms with E-state index in [4.69, 9.17) is 5.11 Å². The summed E-state index contributed by atoms with van der Waals surface area (Å²) in [7, 11) is 0. The predicted molar refractivity (Wildman–Crippen MR) is 46.0 cm³/mol. The molecular weight excluding hydrogens is 186 g/mol. The van der Waals surface area contributed by atoms with Crippen molar-refractivity contribution in [3.63, 3.8) is 0 Å². The van der Waals surface area contributed by atoms with Gasteiger partial charge in [-0.15, -0.1) is 0 Å². The molecule has 0 aromatic carbocycles. The molecule has 5 heteroatoms. The highest BCUT2D eigenvalue weighted by molar-refractivity contribution is 6.07. The lowest BCUT2D eigenvalue weighted by Gasteiger charge is -1.83. The molecule has 1 aliphatic heterocycles. The van der Waals surface area contributed by atoms with Crippen LogP contribution in [0.5, 0.6) is 0 Å². The first-order valence-electron chi connectivity index (χ1n) is 3.72. The van der Waals surface area contributed by atoms with Crippen LogP contribution in [0.25, 0.3) is 0 Å². The molecular formula is C9H7NO4. The summed E-state index contributed by atoms with van der Waals surface area (Å²) < 4.78 is 3.85. The maximum absolute atomic E-state index is 10.0. The van der Waals surface area contributed by atoms with Crippen LogP contribution in [0, 0.1) is 0 Å². The number of nitrogens with zero attached hydrogens (tertiary/aromatic N) is 1. The third kappa shape index (κ3) is 3.06. The fraction of sp³-hybridized carbons (Fsp3) is 0. The molecule has 14 heavy (non-hydrogen) atoms. The van der Waals surface area contributed by atoms with Crippen LogP contribution in [-0.4, -0.2) is 22.0 Å². The Balaban J connectivity index is 0.000000146. The van der Waals surface area contributed by atoms with E-state index in [0.29, 0.717) is 0 Å². The van der Waals surface area contributed by atoms with E-state index in [1.165, 1.54) is 0 Å². The Kier molecular flexibility index (Phi) is 3.37. The number of hydrogen-bond acceptors (Lipinski definition) is 5. The average molecular weight is 193 g/mol. The van der Waals surface area contributed by atoms with Crippen molar-refractivity contribution in [2.75, 3.05) is 0 Å². The normalized spacial score (nSPS) is 13.9. The van der Waals surface area contributed by atoms with E-state index < -0.39 is 17.7 Å². The molecule has 0 radical (unpaired) electrons. The highest BCUT2D eigenvalue weighted by Gasteiger charge is 2.21. The average Bonchev–Trinajstić information content (AvgIpc) is 2.48. The van der Waals surface area contributed by atoms with Crippen LogP contribution in [0.3, 0.4) is 0 Å². The monoisotopic (exact) mass is 193 g/mol. The van der Waals surface area contributed by atoms with Crippen molar-refractivity contribution < 1.29 is 19.4 Å². The van der Waals surface area contributed by atoms with Crippen molar-refractivity contribution in [3.8, 4) is 0 Å². The molecule has 72 valence electrons. The quantitative estimate of drug-likeness (QED) is 0.482. The van der Waals surface area contributed by atoms with Crippen molar-refractivity contribution in [2.45, 2.75) is 0 Å². The molecule has 0 atom stereocenters. The summed E-state index contributed by atoms with van der Waals surface area (Å²) in [6.07, 6.45) is 4.22. The molecule has 0 bridgehead atoms. The minimum absolute atomic E-state index is 0.630. The smallest absolute Gasteiger partial charge is 0.381 e. The lowest BCUT2D eigenvalue weighted by molar-refractivity contribution is -0.151. The summed E-state index contributed by atoms with van der Waals surface area (Å²) >= 11 is 0. The van der Waals surface area contributed by atoms with Gasteiger partial charge in [0.15, 0.2) is 0 Å². The second-order valence-corrected chi connectivity index (χ2v) is 2.26. The molecule has 1 aromatic rings. The summed E-state index contributed by atoms with van der Waals surface area (Å²) in [5.74, 6) is -2.42. The number of cyclic esters (lactones) is 2. The third-order valence-electron chi connectivity index (χ3n) is 1.22. The van der Waals surface area contributed by atoms with Crippen LogP contribution < -0.4 is 0 Å². The zero-order valence-corrected chi connectivity index (χ0v) is 7.08. The lowest BCUT2D eigenvalue weighted by Crippen LogP contribution is -2.00. The molecule has 1 N–H and O–H groups in total. The Morgan fingerprint density at radius 3 is 1.93 bits per heavy atom. The molecule has 2 rings (SSSR count). The van der Waals surface area contributed by atoms with Gasteiger partial charge in [0.25, 0.3) is 0 Å². The summed E-state index contributed by atoms with van der Waals surface area (Å²) in [5, 5.41) is 8.33. The fourth-order valence-electron chi connectivity index (χ4n) is 0.656. The van der Waals surface area contributed by atoms with Crippen LogP contribution >= 0.6 is 0 Å². The van der Waals surface area contributed by atoms with Crippen molar-refractivity contribution in [3.05, 3.63) is 42.4 Å². The Labute approximate surface area is 79.7 Å². The number of pyridine rings is 1. The van der Waals surface area contributed by atoms with Gasteiger partial charge in [-0.2, -0.15) is 0 Å². The largest absolute Gasteiger partial charge is 0.502 e. The van der Waals surface area contributed by atoms with Crippen molar-refractivity contribution in [1.29, 1.82) is 0 Å². The van der Waals surface area contributed by atoms with Crippen LogP contribution in [0.15, 0.2) is 42.4 Å². The van der Waals surface area contributed by atoms with Gasteiger partial charge in [0.2, 0.25) is 5.76 Å². The number of carbonyl (C=O) groups is 2. The molecule has 0 fully saturated rings. The fourth-order valence-corrected chi connectivity index (χ4v) is 0.656. The van der Waals surface area contributed by atoms with E-state index in [0.717, 1.165) is 6.08 Å². The van der Waals surface area contributed by atoms with E-state index in [2.05, 4.69) is 9.72 Å². The van der Waals surface area contributed by atoms with E-state index >= 15 is 0 Å². The maximum atomic E-state index is 10.0. The Bertz CT molecular complexity index is 332. The van der Waals surface area contributed by atoms with E-state index in [-0.39, 0.29) is 0 Å². The van der Waals surface area contributed by atoms with Gasteiger partial charge in [-0.25, -0.2) is 9.59 Å². The van der Waals surface area contributed by atoms with E-state index in [1.807, 2.05) is 18.2 Å². The van der Waals surface area contributed by atoms with Gasteiger partial charge in [0.1, 0.15) is 0 Å². The van der Waals surface area contributed by atoms with Gasteiger partial charge in [-0.1, -0.05) is 6.07 Å². The number of aromatic nitrogens is 1. The molecule has 2 heterocycles. The highest BCUT2D eigenvalue weighted by atomic mass is 16.6.